The Morgan fingerprint density at radius 2 is 1.06 bits per heavy atom. The highest BCUT2D eigenvalue weighted by molar-refractivity contribution is 7.88. The summed E-state index contributed by atoms with van der Waals surface area (Å²) in [5, 5.41) is 0. The molecule has 0 amide bonds. The molecule has 3 heteroatoms. The van der Waals surface area contributed by atoms with Crippen molar-refractivity contribution in [3.05, 3.63) is 130 Å². The molecule has 1 atom stereocenters. The average molecular weight is 434 g/mol. The minimum absolute atomic E-state index is 0.775. The lowest BCUT2D eigenvalue weighted by molar-refractivity contribution is 0.647. The van der Waals surface area contributed by atoms with Gasteiger partial charge in [0.1, 0.15) is 4.75 Å². The fourth-order valence-electron chi connectivity index (χ4n) is 5.17. The van der Waals surface area contributed by atoms with Crippen LogP contribution in [-0.2, 0) is 20.4 Å². The molecule has 156 valence electrons. The van der Waals surface area contributed by atoms with Crippen LogP contribution in [0.4, 0.5) is 0 Å². The largest absolute Gasteiger partial charge is 0.265 e. The number of rotatable bonds is 2. The summed E-state index contributed by atoms with van der Waals surface area (Å²) in [6.07, 6.45) is 1.97. The van der Waals surface area contributed by atoms with Gasteiger partial charge in [0.15, 0.2) is 4.87 Å². The average Bonchev–Trinajstić information content (AvgIpc) is 3.30. The van der Waals surface area contributed by atoms with Crippen LogP contribution in [0.2, 0.25) is 0 Å². The molecule has 0 radical (unpaired) electrons. The number of hydrogen-bond acceptors (Lipinski definition) is 2. The van der Waals surface area contributed by atoms with Gasteiger partial charge in [-0.2, -0.15) is 0 Å². The standard InChI is InChI=1S/C29H23NOS/c1-20-11-15-22(16-12-20)29(23-17-13-21(2)14-18-23)30-19-28(32(29)31)26-9-5-3-7-24(26)25-8-4-6-10-27(25)28/h3-19H,1-2H3. The predicted octanol–water partition coefficient (Wildman–Crippen LogP) is 6.26. The highest BCUT2D eigenvalue weighted by Gasteiger charge is 2.60. The molecule has 4 aromatic rings. The van der Waals surface area contributed by atoms with E-state index in [4.69, 9.17) is 4.99 Å². The van der Waals surface area contributed by atoms with E-state index >= 15 is 0 Å². The number of aliphatic imine (C=N–C) groups is 1. The van der Waals surface area contributed by atoms with Gasteiger partial charge in [-0.1, -0.05) is 108 Å². The van der Waals surface area contributed by atoms with E-state index in [0.29, 0.717) is 0 Å². The molecule has 0 aromatic heterocycles. The molecule has 1 aliphatic heterocycles. The number of fused-ring (bicyclic) bond motifs is 5. The van der Waals surface area contributed by atoms with Gasteiger partial charge in [0.25, 0.3) is 0 Å². The normalized spacial score (nSPS) is 19.1. The molecule has 4 aromatic carbocycles. The molecule has 2 aliphatic rings. The zero-order valence-electron chi connectivity index (χ0n) is 18.1. The zero-order chi connectivity index (χ0) is 21.9. The molecule has 0 saturated heterocycles. The predicted molar refractivity (Wildman–Crippen MR) is 132 cm³/mol. The SMILES string of the molecule is Cc1ccc(C2(c3ccc(C)cc3)N=CC3(c4ccccc4-c4ccccc43)S2=O)cc1. The van der Waals surface area contributed by atoms with E-state index in [1.54, 1.807) is 0 Å². The van der Waals surface area contributed by atoms with Crippen molar-refractivity contribution in [2.75, 3.05) is 0 Å². The van der Waals surface area contributed by atoms with Gasteiger partial charge in [-0.05, 0) is 47.2 Å². The quantitative estimate of drug-likeness (QED) is 0.367. The molecule has 0 fully saturated rings. The first kappa shape index (κ1) is 19.4. The van der Waals surface area contributed by atoms with Crippen molar-refractivity contribution in [2.45, 2.75) is 23.5 Å². The van der Waals surface area contributed by atoms with Crippen LogP contribution in [0.15, 0.2) is 102 Å². The molecule has 32 heavy (non-hydrogen) atoms. The molecule has 2 nitrogen and oxygen atoms in total. The van der Waals surface area contributed by atoms with Gasteiger partial charge in [0.2, 0.25) is 0 Å². The maximum absolute atomic E-state index is 14.9. The molecule has 0 bridgehead atoms. The van der Waals surface area contributed by atoms with Gasteiger partial charge < -0.3 is 0 Å². The summed E-state index contributed by atoms with van der Waals surface area (Å²) >= 11 is 0. The highest BCUT2D eigenvalue weighted by atomic mass is 32.2. The van der Waals surface area contributed by atoms with Crippen LogP contribution in [0.1, 0.15) is 33.4 Å². The Hall–Kier alpha value is -3.30. The van der Waals surface area contributed by atoms with Crippen molar-refractivity contribution < 1.29 is 4.21 Å². The minimum Gasteiger partial charge on any atom is -0.265 e. The van der Waals surface area contributed by atoms with Crippen LogP contribution < -0.4 is 0 Å². The summed E-state index contributed by atoms with van der Waals surface area (Å²) < 4.78 is 14.2. The van der Waals surface area contributed by atoms with Gasteiger partial charge in [-0.15, -0.1) is 0 Å². The number of aryl methyl sites for hydroxylation is 2. The molecular formula is C29H23NOS. The fraction of sp³-hybridized carbons (Fsp3) is 0.138. The van der Waals surface area contributed by atoms with Crippen molar-refractivity contribution >= 4 is 17.0 Å². The molecule has 0 N–H and O–H groups in total. The van der Waals surface area contributed by atoms with Crippen molar-refractivity contribution in [2.24, 2.45) is 4.99 Å². The Labute approximate surface area is 191 Å². The third-order valence-electron chi connectivity index (χ3n) is 6.82. The second-order valence-corrected chi connectivity index (χ2v) is 10.5. The molecule has 1 spiro atoms. The van der Waals surface area contributed by atoms with Crippen LogP contribution in [-0.4, -0.2) is 10.4 Å². The van der Waals surface area contributed by atoms with E-state index < -0.39 is 20.4 Å². The highest BCUT2D eigenvalue weighted by Crippen LogP contribution is 2.58. The lowest BCUT2D eigenvalue weighted by Gasteiger charge is -2.32. The van der Waals surface area contributed by atoms with Crippen LogP contribution >= 0.6 is 0 Å². The molecular weight excluding hydrogens is 410 g/mol. The Morgan fingerprint density at radius 3 is 1.53 bits per heavy atom. The number of benzene rings is 4. The molecule has 6 rings (SSSR count). The maximum atomic E-state index is 14.9. The Morgan fingerprint density at radius 1 is 0.625 bits per heavy atom. The fourth-order valence-corrected chi connectivity index (χ4v) is 7.39. The smallest absolute Gasteiger partial charge is 0.186 e. The maximum Gasteiger partial charge on any atom is 0.186 e. The zero-order valence-corrected chi connectivity index (χ0v) is 18.9. The van der Waals surface area contributed by atoms with Gasteiger partial charge in [-0.3, -0.25) is 9.20 Å². The first-order valence-electron chi connectivity index (χ1n) is 10.9. The van der Waals surface area contributed by atoms with E-state index in [2.05, 4.69) is 98.8 Å². The number of hydrogen-bond donors (Lipinski definition) is 0. The summed E-state index contributed by atoms with van der Waals surface area (Å²) in [6, 6.07) is 33.3. The van der Waals surface area contributed by atoms with Crippen LogP contribution in [0.3, 0.4) is 0 Å². The van der Waals surface area contributed by atoms with Gasteiger partial charge >= 0.3 is 0 Å². The molecule has 0 saturated carbocycles. The van der Waals surface area contributed by atoms with Crippen LogP contribution in [0.5, 0.6) is 0 Å². The minimum atomic E-state index is -1.41. The Kier molecular flexibility index (Phi) is 4.15. The second kappa shape index (κ2) is 6.85. The van der Waals surface area contributed by atoms with E-state index in [1.165, 1.54) is 11.1 Å². The summed E-state index contributed by atoms with van der Waals surface area (Å²) in [4.78, 5) is 4.19. The van der Waals surface area contributed by atoms with E-state index in [1.807, 2.05) is 18.3 Å². The summed E-state index contributed by atoms with van der Waals surface area (Å²) in [5.74, 6) is 0. The van der Waals surface area contributed by atoms with E-state index in [0.717, 1.165) is 33.4 Å². The van der Waals surface area contributed by atoms with Gasteiger partial charge in [0, 0.05) is 6.21 Å². The van der Waals surface area contributed by atoms with Crippen molar-refractivity contribution in [3.63, 3.8) is 0 Å². The summed E-state index contributed by atoms with van der Waals surface area (Å²) in [5.41, 5.74) is 8.70. The Bertz CT molecular complexity index is 1310. The van der Waals surface area contributed by atoms with Crippen LogP contribution in [0, 0.1) is 13.8 Å². The third-order valence-corrected chi connectivity index (χ3v) is 9.06. The lowest BCUT2D eigenvalue weighted by Crippen LogP contribution is -2.38. The molecule has 1 aliphatic carbocycles. The first-order chi connectivity index (χ1) is 15.6. The summed E-state index contributed by atoms with van der Waals surface area (Å²) in [7, 11) is -1.41. The topological polar surface area (TPSA) is 29.4 Å². The first-order valence-corrected chi connectivity index (χ1v) is 12.0. The lowest BCUT2D eigenvalue weighted by atomic mass is 9.95. The Balaban J connectivity index is 1.66. The second-order valence-electron chi connectivity index (χ2n) is 8.73. The van der Waals surface area contributed by atoms with Gasteiger partial charge in [0.05, 0.1) is 10.8 Å². The molecule has 1 unspecified atom stereocenters. The summed E-state index contributed by atoms with van der Waals surface area (Å²) in [6.45, 7) is 4.14. The monoisotopic (exact) mass is 433 g/mol. The third kappa shape index (κ3) is 2.40. The van der Waals surface area contributed by atoms with Crippen molar-refractivity contribution in [3.8, 4) is 11.1 Å². The van der Waals surface area contributed by atoms with Crippen molar-refractivity contribution in [1.82, 2.24) is 0 Å². The van der Waals surface area contributed by atoms with Gasteiger partial charge in [-0.25, -0.2) is 0 Å². The number of nitrogens with zero attached hydrogens (tertiary/aromatic N) is 1. The van der Waals surface area contributed by atoms with Crippen LogP contribution in [0.25, 0.3) is 11.1 Å². The molecule has 1 heterocycles. The van der Waals surface area contributed by atoms with E-state index in [9.17, 15) is 4.21 Å². The van der Waals surface area contributed by atoms with E-state index in [-0.39, 0.29) is 0 Å². The van der Waals surface area contributed by atoms with Crippen molar-refractivity contribution in [1.29, 1.82) is 0 Å².